The number of halogens is 1. The third-order valence-corrected chi connectivity index (χ3v) is 5.01. The zero-order valence-corrected chi connectivity index (χ0v) is 17.1. The van der Waals surface area contributed by atoms with Crippen molar-refractivity contribution in [2.75, 3.05) is 6.61 Å². The molecule has 29 heavy (non-hydrogen) atoms. The number of aromatic amines is 1. The topological polar surface area (TPSA) is 148 Å². The first-order valence-electron chi connectivity index (χ1n) is 8.51. The molecule has 10 heteroatoms. The Morgan fingerprint density at radius 3 is 2.59 bits per heavy atom. The number of fused-ring (bicyclic) bond motifs is 1. The molecule has 1 aromatic heterocycles. The summed E-state index contributed by atoms with van der Waals surface area (Å²) < 4.78 is 0.678. The summed E-state index contributed by atoms with van der Waals surface area (Å²) in [6.45, 7) is -0.782. The Morgan fingerprint density at radius 2 is 1.86 bits per heavy atom. The lowest BCUT2D eigenvalue weighted by Crippen LogP contribution is -2.41. The predicted molar refractivity (Wildman–Crippen MR) is 115 cm³/mol. The highest BCUT2D eigenvalue weighted by Gasteiger charge is 2.27. The lowest BCUT2D eigenvalue weighted by molar-refractivity contribution is 0.0183. The minimum atomic E-state index is -1.76. The van der Waals surface area contributed by atoms with Crippen molar-refractivity contribution in [2.24, 2.45) is 5.10 Å². The molecule has 9 nitrogen and oxygen atoms in total. The molecule has 5 N–H and O–H groups in total. The normalized spacial score (nSPS) is 13.9. The first-order chi connectivity index (χ1) is 13.9. The minimum Gasteiger partial charge on any atom is -0.394 e. The van der Waals surface area contributed by atoms with E-state index in [1.807, 2.05) is 22.6 Å². The van der Waals surface area contributed by atoms with Crippen molar-refractivity contribution in [1.29, 1.82) is 0 Å². The summed E-state index contributed by atoms with van der Waals surface area (Å²) in [6.07, 6.45) is -3.39. The Morgan fingerprint density at radius 1 is 1.17 bits per heavy atom. The molecule has 3 aromatic rings. The SMILES string of the molecule is O=C(N/N=C(/c1nc2ccccc2[nH]c1=O)C(O)C(O)CO)c1ccccc1I. The van der Waals surface area contributed by atoms with Crippen molar-refractivity contribution in [3.8, 4) is 0 Å². The first-order valence-corrected chi connectivity index (χ1v) is 9.59. The summed E-state index contributed by atoms with van der Waals surface area (Å²) in [5.41, 5.74) is 2.17. The molecule has 0 aliphatic rings. The highest BCUT2D eigenvalue weighted by molar-refractivity contribution is 14.1. The molecule has 0 spiro atoms. The molecule has 150 valence electrons. The van der Waals surface area contributed by atoms with Crippen LogP contribution in [0.5, 0.6) is 0 Å². The highest BCUT2D eigenvalue weighted by Crippen LogP contribution is 2.12. The van der Waals surface area contributed by atoms with Crippen LogP contribution in [0.3, 0.4) is 0 Å². The number of aromatic nitrogens is 2. The van der Waals surface area contributed by atoms with Crippen LogP contribution >= 0.6 is 22.6 Å². The van der Waals surface area contributed by atoms with Crippen LogP contribution in [-0.4, -0.2) is 55.7 Å². The van der Waals surface area contributed by atoms with Gasteiger partial charge in [-0.2, -0.15) is 5.10 Å². The maximum atomic E-state index is 12.5. The van der Waals surface area contributed by atoms with E-state index in [2.05, 4.69) is 20.5 Å². The summed E-state index contributed by atoms with van der Waals surface area (Å²) in [7, 11) is 0. The monoisotopic (exact) mass is 508 g/mol. The minimum absolute atomic E-state index is 0.285. The van der Waals surface area contributed by atoms with Gasteiger partial charge in [0, 0.05) is 3.57 Å². The van der Waals surface area contributed by atoms with Crippen molar-refractivity contribution in [3.05, 3.63) is 73.7 Å². The molecule has 3 rings (SSSR count). The fourth-order valence-corrected chi connectivity index (χ4v) is 3.19. The van der Waals surface area contributed by atoms with Crippen LogP contribution in [0.1, 0.15) is 16.1 Å². The molecule has 0 saturated heterocycles. The number of rotatable bonds is 6. The van der Waals surface area contributed by atoms with Gasteiger partial charge < -0.3 is 20.3 Å². The maximum absolute atomic E-state index is 12.5. The first kappa shape index (κ1) is 21.0. The van der Waals surface area contributed by atoms with E-state index in [0.717, 1.165) is 0 Å². The number of aliphatic hydroxyl groups excluding tert-OH is 3. The molecule has 0 bridgehead atoms. The number of hydrazone groups is 1. The number of amides is 1. The molecule has 1 heterocycles. The van der Waals surface area contributed by atoms with Gasteiger partial charge in [-0.25, -0.2) is 10.4 Å². The van der Waals surface area contributed by atoms with Crippen LogP contribution in [0.15, 0.2) is 58.4 Å². The molecule has 0 radical (unpaired) electrons. The van der Waals surface area contributed by atoms with E-state index >= 15 is 0 Å². The Balaban J connectivity index is 2.05. The van der Waals surface area contributed by atoms with Crippen LogP contribution < -0.4 is 11.0 Å². The zero-order chi connectivity index (χ0) is 21.0. The van der Waals surface area contributed by atoms with E-state index in [1.54, 1.807) is 48.5 Å². The number of hydrogen-bond acceptors (Lipinski definition) is 7. The average Bonchev–Trinajstić information content (AvgIpc) is 2.73. The van der Waals surface area contributed by atoms with E-state index in [4.69, 9.17) is 0 Å². The second-order valence-electron chi connectivity index (χ2n) is 6.04. The van der Waals surface area contributed by atoms with Crippen LogP contribution in [0.2, 0.25) is 0 Å². The molecule has 0 fully saturated rings. The maximum Gasteiger partial charge on any atom is 0.276 e. The summed E-state index contributed by atoms with van der Waals surface area (Å²) in [4.78, 5) is 31.7. The number of benzene rings is 2. The lowest BCUT2D eigenvalue weighted by atomic mass is 10.1. The van der Waals surface area contributed by atoms with Gasteiger partial charge in [0.25, 0.3) is 11.5 Å². The largest absolute Gasteiger partial charge is 0.394 e. The number of aliphatic hydroxyl groups is 3. The van der Waals surface area contributed by atoms with Gasteiger partial charge in [-0.15, -0.1) is 0 Å². The average molecular weight is 508 g/mol. The van der Waals surface area contributed by atoms with E-state index in [0.29, 0.717) is 20.2 Å². The van der Waals surface area contributed by atoms with Crippen molar-refractivity contribution in [3.63, 3.8) is 0 Å². The molecule has 0 aliphatic heterocycles. The molecule has 1 amide bonds. The molecule has 0 aliphatic carbocycles. The number of nitrogens with zero attached hydrogens (tertiary/aromatic N) is 2. The Hall–Kier alpha value is -2.67. The summed E-state index contributed by atoms with van der Waals surface area (Å²) >= 11 is 1.99. The quantitative estimate of drug-likeness (QED) is 0.185. The van der Waals surface area contributed by atoms with Crippen LogP contribution in [-0.2, 0) is 0 Å². The van der Waals surface area contributed by atoms with E-state index in [1.165, 1.54) is 0 Å². The van der Waals surface area contributed by atoms with Crippen molar-refractivity contribution in [2.45, 2.75) is 12.2 Å². The van der Waals surface area contributed by atoms with Crippen LogP contribution in [0, 0.1) is 3.57 Å². The lowest BCUT2D eigenvalue weighted by Gasteiger charge is -2.17. The second-order valence-corrected chi connectivity index (χ2v) is 7.21. The van der Waals surface area contributed by atoms with E-state index in [9.17, 15) is 24.9 Å². The number of hydrogen-bond donors (Lipinski definition) is 5. The Kier molecular flexibility index (Phi) is 6.69. The number of para-hydroxylation sites is 2. The van der Waals surface area contributed by atoms with Gasteiger partial charge in [0.1, 0.15) is 17.9 Å². The van der Waals surface area contributed by atoms with Crippen molar-refractivity contribution < 1.29 is 20.1 Å². The van der Waals surface area contributed by atoms with Gasteiger partial charge in [-0.05, 0) is 46.9 Å². The van der Waals surface area contributed by atoms with E-state index < -0.39 is 30.3 Å². The fourth-order valence-electron chi connectivity index (χ4n) is 2.56. The fraction of sp³-hybridized carbons (Fsp3) is 0.158. The van der Waals surface area contributed by atoms with Crippen molar-refractivity contribution in [1.82, 2.24) is 15.4 Å². The molecule has 2 aromatic carbocycles. The Labute approximate surface area is 178 Å². The molecule has 2 atom stereocenters. The van der Waals surface area contributed by atoms with Gasteiger partial charge in [0.05, 0.1) is 23.2 Å². The number of carbonyl (C=O) groups is 1. The van der Waals surface area contributed by atoms with Crippen LogP contribution in [0.25, 0.3) is 11.0 Å². The summed E-state index contributed by atoms with van der Waals surface area (Å²) in [5.74, 6) is -0.574. The third kappa shape index (κ3) is 4.67. The van der Waals surface area contributed by atoms with Crippen LogP contribution in [0.4, 0.5) is 0 Å². The molecule has 2 unspecified atom stereocenters. The smallest absolute Gasteiger partial charge is 0.276 e. The summed E-state index contributed by atoms with van der Waals surface area (Å²) in [6, 6.07) is 13.5. The molecular weight excluding hydrogens is 491 g/mol. The molecule has 0 saturated carbocycles. The molecular formula is C19H17IN4O5. The number of carbonyl (C=O) groups excluding carboxylic acids is 1. The van der Waals surface area contributed by atoms with Gasteiger partial charge in [-0.1, -0.05) is 24.3 Å². The zero-order valence-electron chi connectivity index (χ0n) is 14.9. The highest BCUT2D eigenvalue weighted by atomic mass is 127. The van der Waals surface area contributed by atoms with Gasteiger partial charge in [0.15, 0.2) is 5.69 Å². The number of H-pyrrole nitrogens is 1. The van der Waals surface area contributed by atoms with E-state index in [-0.39, 0.29) is 11.4 Å². The van der Waals surface area contributed by atoms with Gasteiger partial charge in [0.2, 0.25) is 0 Å². The summed E-state index contributed by atoms with van der Waals surface area (Å²) in [5, 5.41) is 33.3. The number of nitrogens with one attached hydrogen (secondary N) is 2. The second kappa shape index (κ2) is 9.22. The standard InChI is InChI=1S/C19H17IN4O5/c20-11-6-2-1-5-10(11)18(28)24-23-15(17(27)14(26)9-25)16-19(29)22-13-8-4-3-7-12(13)21-16/h1-8,14,17,25-27H,9H2,(H,22,29)(H,24,28)/b23-15-. The van der Waals surface area contributed by atoms with Gasteiger partial charge >= 0.3 is 0 Å². The van der Waals surface area contributed by atoms with Gasteiger partial charge in [-0.3, -0.25) is 9.59 Å². The Bertz CT molecular complexity index is 1130. The third-order valence-electron chi connectivity index (χ3n) is 4.07. The predicted octanol–water partition coefficient (Wildman–Crippen LogP) is 0.376. The van der Waals surface area contributed by atoms with Crippen molar-refractivity contribution >= 4 is 45.2 Å².